The maximum atomic E-state index is 13.9. The SMILES string of the molecule is CCOC(=O)C1(Nc2ccccc2F)CC2CCC1C2. The van der Waals surface area contributed by atoms with Crippen LogP contribution in [0.5, 0.6) is 0 Å². The topological polar surface area (TPSA) is 38.3 Å². The van der Waals surface area contributed by atoms with Crippen LogP contribution in [0.15, 0.2) is 24.3 Å². The van der Waals surface area contributed by atoms with E-state index >= 15 is 0 Å². The molecule has 108 valence electrons. The second kappa shape index (κ2) is 5.08. The van der Waals surface area contributed by atoms with Gasteiger partial charge in [0.05, 0.1) is 12.3 Å². The largest absolute Gasteiger partial charge is 0.464 e. The zero-order valence-electron chi connectivity index (χ0n) is 11.7. The summed E-state index contributed by atoms with van der Waals surface area (Å²) in [6.45, 7) is 2.17. The molecule has 0 saturated heterocycles. The van der Waals surface area contributed by atoms with Crippen LogP contribution in [-0.4, -0.2) is 18.1 Å². The third-order valence-electron chi connectivity index (χ3n) is 4.72. The fraction of sp³-hybridized carbons (Fsp3) is 0.562. The van der Waals surface area contributed by atoms with Crippen molar-refractivity contribution < 1.29 is 13.9 Å². The number of para-hydroxylation sites is 1. The Balaban J connectivity index is 1.91. The van der Waals surface area contributed by atoms with E-state index in [9.17, 15) is 9.18 Å². The van der Waals surface area contributed by atoms with Crippen molar-refractivity contribution in [3.8, 4) is 0 Å². The third kappa shape index (κ3) is 2.07. The summed E-state index contributed by atoms with van der Waals surface area (Å²) in [4.78, 5) is 12.5. The van der Waals surface area contributed by atoms with Gasteiger partial charge in [-0.05, 0) is 56.6 Å². The zero-order chi connectivity index (χ0) is 14.2. The van der Waals surface area contributed by atoms with E-state index in [1.54, 1.807) is 18.2 Å². The minimum Gasteiger partial charge on any atom is -0.464 e. The Morgan fingerprint density at radius 3 is 2.85 bits per heavy atom. The van der Waals surface area contributed by atoms with Crippen molar-refractivity contribution in [2.75, 3.05) is 11.9 Å². The molecule has 0 aromatic heterocycles. The summed E-state index contributed by atoms with van der Waals surface area (Å²) in [5.74, 6) is 0.268. The Kier molecular flexibility index (Phi) is 3.40. The van der Waals surface area contributed by atoms with Crippen molar-refractivity contribution in [1.29, 1.82) is 0 Å². The molecule has 3 atom stereocenters. The van der Waals surface area contributed by atoms with Gasteiger partial charge in [-0.15, -0.1) is 0 Å². The molecule has 2 aliphatic rings. The molecule has 0 amide bonds. The maximum absolute atomic E-state index is 13.9. The van der Waals surface area contributed by atoms with Crippen LogP contribution < -0.4 is 5.32 Å². The van der Waals surface area contributed by atoms with Crippen LogP contribution in [0, 0.1) is 17.7 Å². The predicted molar refractivity (Wildman–Crippen MR) is 74.8 cm³/mol. The molecule has 2 bridgehead atoms. The molecule has 3 rings (SSSR count). The van der Waals surface area contributed by atoms with Crippen LogP contribution in [-0.2, 0) is 9.53 Å². The van der Waals surface area contributed by atoms with Gasteiger partial charge in [0.15, 0.2) is 0 Å². The van der Waals surface area contributed by atoms with Gasteiger partial charge in [0.25, 0.3) is 0 Å². The number of ether oxygens (including phenoxy) is 1. The summed E-state index contributed by atoms with van der Waals surface area (Å²) in [6, 6.07) is 6.52. The van der Waals surface area contributed by atoms with E-state index in [0.717, 1.165) is 19.3 Å². The van der Waals surface area contributed by atoms with Crippen molar-refractivity contribution in [3.63, 3.8) is 0 Å². The fourth-order valence-corrected chi connectivity index (χ4v) is 3.85. The van der Waals surface area contributed by atoms with Crippen molar-refractivity contribution in [3.05, 3.63) is 30.1 Å². The van der Waals surface area contributed by atoms with Gasteiger partial charge in [0, 0.05) is 0 Å². The minimum atomic E-state index is -0.735. The Labute approximate surface area is 118 Å². The molecule has 0 spiro atoms. The second-order valence-corrected chi connectivity index (χ2v) is 5.88. The number of fused-ring (bicyclic) bond motifs is 2. The van der Waals surface area contributed by atoms with Crippen LogP contribution in [0.25, 0.3) is 0 Å². The number of rotatable bonds is 4. The standard InChI is InChI=1S/C16H20FNO2/c1-2-20-15(19)16(10-11-7-8-12(16)9-11)18-14-6-4-3-5-13(14)17/h3-6,11-12,18H,2,7-10H2,1H3. The molecule has 3 nitrogen and oxygen atoms in total. The average Bonchev–Trinajstić information content (AvgIpc) is 3.03. The molecule has 1 aromatic carbocycles. The molecule has 3 unspecified atom stereocenters. The summed E-state index contributed by atoms with van der Waals surface area (Å²) in [5.41, 5.74) is -0.339. The summed E-state index contributed by atoms with van der Waals surface area (Å²) in [6.07, 6.45) is 3.99. The highest BCUT2D eigenvalue weighted by molar-refractivity contribution is 5.86. The summed E-state index contributed by atoms with van der Waals surface area (Å²) in [7, 11) is 0. The molecule has 2 aliphatic carbocycles. The first-order valence-corrected chi connectivity index (χ1v) is 7.35. The number of halogens is 1. The maximum Gasteiger partial charge on any atom is 0.332 e. The van der Waals surface area contributed by atoms with E-state index in [1.165, 1.54) is 12.5 Å². The normalized spacial score (nSPS) is 31.3. The Hall–Kier alpha value is -1.58. The molecule has 1 aromatic rings. The van der Waals surface area contributed by atoms with Crippen LogP contribution in [0.3, 0.4) is 0 Å². The van der Waals surface area contributed by atoms with Crippen LogP contribution in [0.4, 0.5) is 10.1 Å². The molecule has 1 N–H and O–H groups in total. The van der Waals surface area contributed by atoms with Crippen molar-refractivity contribution in [2.24, 2.45) is 11.8 Å². The molecule has 2 saturated carbocycles. The molecule has 2 fully saturated rings. The van der Waals surface area contributed by atoms with Gasteiger partial charge >= 0.3 is 5.97 Å². The zero-order valence-corrected chi connectivity index (χ0v) is 11.7. The van der Waals surface area contributed by atoms with Crippen molar-refractivity contribution in [2.45, 2.75) is 38.1 Å². The Morgan fingerprint density at radius 2 is 2.25 bits per heavy atom. The van der Waals surface area contributed by atoms with E-state index in [1.807, 2.05) is 6.92 Å². The Morgan fingerprint density at radius 1 is 1.45 bits per heavy atom. The van der Waals surface area contributed by atoms with Crippen LogP contribution in [0.2, 0.25) is 0 Å². The molecule has 4 heteroatoms. The minimum absolute atomic E-state index is 0.226. The lowest BCUT2D eigenvalue weighted by Gasteiger charge is -2.37. The van der Waals surface area contributed by atoms with E-state index in [2.05, 4.69) is 5.32 Å². The quantitative estimate of drug-likeness (QED) is 0.858. The highest BCUT2D eigenvalue weighted by atomic mass is 19.1. The first-order chi connectivity index (χ1) is 9.65. The van der Waals surface area contributed by atoms with E-state index in [4.69, 9.17) is 4.74 Å². The van der Waals surface area contributed by atoms with Crippen molar-refractivity contribution >= 4 is 11.7 Å². The molecular weight excluding hydrogens is 257 g/mol. The molecule has 20 heavy (non-hydrogen) atoms. The summed E-state index contributed by atoms with van der Waals surface area (Å²) in [5, 5.41) is 3.19. The van der Waals surface area contributed by atoms with Crippen LogP contribution >= 0.6 is 0 Å². The van der Waals surface area contributed by atoms with Gasteiger partial charge in [-0.2, -0.15) is 0 Å². The van der Waals surface area contributed by atoms with Gasteiger partial charge in [-0.25, -0.2) is 9.18 Å². The van der Waals surface area contributed by atoms with E-state index in [-0.39, 0.29) is 17.7 Å². The first-order valence-electron chi connectivity index (χ1n) is 7.35. The number of carbonyl (C=O) groups excluding carboxylic acids is 1. The number of hydrogen-bond acceptors (Lipinski definition) is 3. The molecular formula is C16H20FNO2. The molecule has 0 radical (unpaired) electrons. The van der Waals surface area contributed by atoms with Gasteiger partial charge < -0.3 is 10.1 Å². The van der Waals surface area contributed by atoms with Gasteiger partial charge in [0.2, 0.25) is 0 Å². The number of nitrogens with one attached hydrogen (secondary N) is 1. The monoisotopic (exact) mass is 277 g/mol. The smallest absolute Gasteiger partial charge is 0.332 e. The number of hydrogen-bond donors (Lipinski definition) is 1. The number of anilines is 1. The lowest BCUT2D eigenvalue weighted by molar-refractivity contribution is -0.150. The average molecular weight is 277 g/mol. The van der Waals surface area contributed by atoms with Gasteiger partial charge in [-0.1, -0.05) is 12.1 Å². The summed E-state index contributed by atoms with van der Waals surface area (Å²) >= 11 is 0. The van der Waals surface area contributed by atoms with Gasteiger partial charge in [0.1, 0.15) is 11.4 Å². The van der Waals surface area contributed by atoms with Crippen LogP contribution in [0.1, 0.15) is 32.6 Å². The number of carbonyl (C=O) groups is 1. The fourth-order valence-electron chi connectivity index (χ4n) is 3.85. The Bertz CT molecular complexity index is 519. The van der Waals surface area contributed by atoms with E-state index < -0.39 is 5.54 Å². The van der Waals surface area contributed by atoms with Crippen molar-refractivity contribution in [1.82, 2.24) is 0 Å². The molecule has 0 heterocycles. The van der Waals surface area contributed by atoms with Gasteiger partial charge in [-0.3, -0.25) is 0 Å². The predicted octanol–water partition coefficient (Wildman–Crippen LogP) is 3.36. The third-order valence-corrected chi connectivity index (χ3v) is 4.72. The first kappa shape index (κ1) is 13.4. The second-order valence-electron chi connectivity index (χ2n) is 5.88. The number of esters is 1. The molecule has 0 aliphatic heterocycles. The highest BCUT2D eigenvalue weighted by Gasteiger charge is 2.56. The summed E-state index contributed by atoms with van der Waals surface area (Å²) < 4.78 is 19.2. The highest BCUT2D eigenvalue weighted by Crippen LogP contribution is 2.52. The van der Waals surface area contributed by atoms with E-state index in [0.29, 0.717) is 18.2 Å². The lowest BCUT2D eigenvalue weighted by Crippen LogP contribution is -2.52. The number of benzene rings is 1. The lowest BCUT2D eigenvalue weighted by atomic mass is 9.80.